The number of hydrogen-bond acceptors (Lipinski definition) is 6. The summed E-state index contributed by atoms with van der Waals surface area (Å²) in [7, 11) is 0. The molecule has 0 amide bonds. The summed E-state index contributed by atoms with van der Waals surface area (Å²) in [6.45, 7) is 5.95. The third kappa shape index (κ3) is 5.63. The number of halogens is 2. The highest BCUT2D eigenvalue weighted by Gasteiger charge is 2.35. The van der Waals surface area contributed by atoms with Crippen LogP contribution in [0.2, 0.25) is 5.02 Å². The maximum atomic E-state index is 14.5. The molecule has 10 heteroatoms. The van der Waals surface area contributed by atoms with Crippen molar-refractivity contribution in [1.29, 1.82) is 0 Å². The fourth-order valence-electron chi connectivity index (χ4n) is 2.74. The van der Waals surface area contributed by atoms with Gasteiger partial charge in [-0.2, -0.15) is 0 Å². The summed E-state index contributed by atoms with van der Waals surface area (Å²) in [5, 5.41) is -0.177. The summed E-state index contributed by atoms with van der Waals surface area (Å²) in [4.78, 5) is 30.6. The number of nitrogens with two attached hydrogens (primary N) is 1. The fraction of sp³-hybridized carbons (Fsp3) is 0.474. The molecule has 0 saturated carbocycles. The van der Waals surface area contributed by atoms with Gasteiger partial charge in [0, 0.05) is 13.1 Å². The molecule has 0 bridgehead atoms. The zero-order chi connectivity index (χ0) is 21.8. The molecule has 0 aromatic heterocycles. The van der Waals surface area contributed by atoms with Crippen LogP contribution >= 0.6 is 23.8 Å². The molecular weight excluding hydrogens is 421 g/mol. The lowest BCUT2D eigenvalue weighted by molar-refractivity contribution is -0.161. The number of likely N-dealkylation sites (tertiary alicyclic amines) is 1. The standard InChI is InChI=1S/C19H23ClFN3O4S/c1-4-27-18(26)19(2,3)28-17(25)11-9-14(13(21)10-12(11)20)23-16(15(22)29)24-7-5-6-8-24/h9-10H,4-8H2,1-3H3,(H2,22,29). The lowest BCUT2D eigenvalue weighted by atomic mass is 10.1. The van der Waals surface area contributed by atoms with E-state index >= 15 is 0 Å². The number of carbonyl (C=O) groups is 2. The molecule has 29 heavy (non-hydrogen) atoms. The summed E-state index contributed by atoms with van der Waals surface area (Å²) >= 11 is 11.1. The van der Waals surface area contributed by atoms with Crippen LogP contribution in [0.5, 0.6) is 0 Å². The van der Waals surface area contributed by atoms with Crippen molar-refractivity contribution in [3.63, 3.8) is 0 Å². The molecule has 2 N–H and O–H groups in total. The van der Waals surface area contributed by atoms with Crippen molar-refractivity contribution < 1.29 is 23.5 Å². The second kappa shape index (κ2) is 9.49. The molecule has 0 spiro atoms. The Morgan fingerprint density at radius 2 is 1.97 bits per heavy atom. The molecule has 0 unspecified atom stereocenters. The number of amidine groups is 1. The van der Waals surface area contributed by atoms with Gasteiger partial charge in [0.05, 0.1) is 17.2 Å². The van der Waals surface area contributed by atoms with Gasteiger partial charge in [-0.3, -0.25) is 0 Å². The van der Waals surface area contributed by atoms with Gasteiger partial charge in [-0.05, 0) is 45.7 Å². The molecule has 7 nitrogen and oxygen atoms in total. The van der Waals surface area contributed by atoms with E-state index in [1.165, 1.54) is 13.8 Å². The molecule has 0 aliphatic carbocycles. The summed E-state index contributed by atoms with van der Waals surface area (Å²) in [6, 6.07) is 2.10. The number of benzene rings is 1. The van der Waals surface area contributed by atoms with Crippen LogP contribution in [0.3, 0.4) is 0 Å². The highest BCUT2D eigenvalue weighted by atomic mass is 35.5. The highest BCUT2D eigenvalue weighted by Crippen LogP contribution is 2.29. The van der Waals surface area contributed by atoms with E-state index in [9.17, 15) is 14.0 Å². The fourth-order valence-corrected chi connectivity index (χ4v) is 3.14. The summed E-state index contributed by atoms with van der Waals surface area (Å²) in [5.74, 6) is -2.11. The molecule has 158 valence electrons. The Balaban J connectivity index is 2.37. The topological polar surface area (TPSA) is 94.2 Å². The van der Waals surface area contributed by atoms with Gasteiger partial charge in [0.2, 0.25) is 5.60 Å². The first-order valence-electron chi connectivity index (χ1n) is 9.10. The van der Waals surface area contributed by atoms with Crippen molar-refractivity contribution in [1.82, 2.24) is 4.90 Å². The minimum Gasteiger partial charge on any atom is -0.463 e. The van der Waals surface area contributed by atoms with Crippen molar-refractivity contribution in [3.05, 3.63) is 28.5 Å². The van der Waals surface area contributed by atoms with E-state index in [0.717, 1.165) is 25.0 Å². The number of ether oxygens (including phenoxy) is 2. The number of thiocarbonyl (C=S) groups is 1. The first-order chi connectivity index (χ1) is 13.6. The third-order valence-corrected chi connectivity index (χ3v) is 4.72. The Morgan fingerprint density at radius 3 is 2.52 bits per heavy atom. The van der Waals surface area contributed by atoms with Crippen molar-refractivity contribution in [3.8, 4) is 0 Å². The quantitative estimate of drug-likeness (QED) is 0.322. The lowest BCUT2D eigenvalue weighted by Gasteiger charge is -2.23. The van der Waals surface area contributed by atoms with E-state index in [2.05, 4.69) is 4.99 Å². The van der Waals surface area contributed by atoms with Gasteiger partial charge in [0.25, 0.3) is 0 Å². The van der Waals surface area contributed by atoms with E-state index in [4.69, 9.17) is 39.0 Å². The maximum absolute atomic E-state index is 14.5. The molecule has 1 fully saturated rings. The van der Waals surface area contributed by atoms with E-state index in [-0.39, 0.29) is 33.7 Å². The van der Waals surface area contributed by atoms with Crippen LogP contribution in [0.4, 0.5) is 10.1 Å². The lowest BCUT2D eigenvalue weighted by Crippen LogP contribution is -2.39. The van der Waals surface area contributed by atoms with Gasteiger partial charge in [0.1, 0.15) is 16.5 Å². The maximum Gasteiger partial charge on any atom is 0.350 e. The molecule has 0 radical (unpaired) electrons. The van der Waals surface area contributed by atoms with Gasteiger partial charge in [-0.15, -0.1) is 0 Å². The molecule has 1 aliphatic rings. The molecule has 1 saturated heterocycles. The Morgan fingerprint density at radius 1 is 1.34 bits per heavy atom. The van der Waals surface area contributed by atoms with Crippen LogP contribution in [0.15, 0.2) is 17.1 Å². The van der Waals surface area contributed by atoms with E-state index in [1.807, 2.05) is 4.90 Å². The van der Waals surface area contributed by atoms with Crippen LogP contribution in [0.25, 0.3) is 0 Å². The zero-order valence-electron chi connectivity index (χ0n) is 16.5. The zero-order valence-corrected chi connectivity index (χ0v) is 18.0. The normalized spacial score (nSPS) is 14.7. The van der Waals surface area contributed by atoms with E-state index in [0.29, 0.717) is 13.1 Å². The van der Waals surface area contributed by atoms with Crippen LogP contribution in [-0.2, 0) is 14.3 Å². The van der Waals surface area contributed by atoms with Gasteiger partial charge in [-0.1, -0.05) is 23.8 Å². The van der Waals surface area contributed by atoms with Crippen molar-refractivity contribution in [2.45, 2.75) is 39.2 Å². The highest BCUT2D eigenvalue weighted by molar-refractivity contribution is 7.82. The number of esters is 2. The van der Waals surface area contributed by atoms with E-state index < -0.39 is 23.4 Å². The number of rotatable bonds is 5. The predicted octanol–water partition coefficient (Wildman–Crippen LogP) is 3.39. The van der Waals surface area contributed by atoms with Crippen molar-refractivity contribution >= 4 is 52.3 Å². The first kappa shape index (κ1) is 23.0. The number of carbonyl (C=O) groups excluding carboxylic acids is 2. The minimum absolute atomic E-state index is 0.0221. The largest absolute Gasteiger partial charge is 0.463 e. The smallest absolute Gasteiger partial charge is 0.350 e. The minimum atomic E-state index is -1.55. The molecular formula is C19H23ClFN3O4S. The Labute approximate surface area is 179 Å². The van der Waals surface area contributed by atoms with Gasteiger partial charge in [0.15, 0.2) is 5.84 Å². The summed E-state index contributed by atoms with van der Waals surface area (Å²) in [6.07, 6.45) is 1.90. The monoisotopic (exact) mass is 443 g/mol. The summed E-state index contributed by atoms with van der Waals surface area (Å²) in [5.41, 5.74) is 3.90. The number of hydrogen-bond donors (Lipinski definition) is 1. The molecule has 2 rings (SSSR count). The Hall–Kier alpha value is -2.26. The average molecular weight is 444 g/mol. The van der Waals surface area contributed by atoms with Crippen LogP contribution in [-0.4, -0.2) is 53.0 Å². The van der Waals surface area contributed by atoms with E-state index in [1.54, 1.807) is 6.92 Å². The van der Waals surface area contributed by atoms with Gasteiger partial charge in [-0.25, -0.2) is 19.0 Å². The van der Waals surface area contributed by atoms with Crippen LogP contribution < -0.4 is 5.73 Å². The molecule has 1 heterocycles. The Kier molecular flexibility index (Phi) is 7.54. The van der Waals surface area contributed by atoms with Crippen molar-refractivity contribution in [2.24, 2.45) is 10.7 Å². The Bertz CT molecular complexity index is 854. The van der Waals surface area contributed by atoms with Crippen LogP contribution in [0.1, 0.15) is 44.0 Å². The van der Waals surface area contributed by atoms with Gasteiger partial charge >= 0.3 is 11.9 Å². The second-order valence-electron chi connectivity index (χ2n) is 6.90. The van der Waals surface area contributed by atoms with Gasteiger partial charge < -0.3 is 20.1 Å². The molecule has 1 aromatic rings. The molecule has 1 aromatic carbocycles. The number of nitrogens with zero attached hydrogens (tertiary/aromatic N) is 2. The van der Waals surface area contributed by atoms with Crippen molar-refractivity contribution in [2.75, 3.05) is 19.7 Å². The third-order valence-electron chi connectivity index (χ3n) is 4.22. The average Bonchev–Trinajstić information content (AvgIpc) is 3.14. The SMILES string of the molecule is CCOC(=O)C(C)(C)OC(=O)c1cc(N=C(C(N)=S)N2CCCC2)c(F)cc1Cl. The first-order valence-corrected chi connectivity index (χ1v) is 9.88. The molecule has 0 atom stereocenters. The van der Waals surface area contributed by atoms with Crippen LogP contribution in [0, 0.1) is 5.82 Å². The molecule has 1 aliphatic heterocycles. The summed E-state index contributed by atoms with van der Waals surface area (Å²) < 4.78 is 24.6. The second-order valence-corrected chi connectivity index (χ2v) is 7.74. The number of aliphatic imine (C=N–C) groups is 1. The predicted molar refractivity (Wildman–Crippen MR) is 112 cm³/mol.